The molecule has 4 aromatic rings. The molecule has 0 atom stereocenters. The van der Waals surface area contributed by atoms with Crippen molar-refractivity contribution in [2.75, 3.05) is 0 Å². The molecule has 0 aliphatic heterocycles. The molecule has 0 heterocycles. The van der Waals surface area contributed by atoms with Gasteiger partial charge in [-0.1, -0.05) is 128 Å². The van der Waals surface area contributed by atoms with Gasteiger partial charge in [0.15, 0.2) is 0 Å². The predicted octanol–water partition coefficient (Wildman–Crippen LogP) is 9.10. The minimum absolute atomic E-state index is 0.294. The SMILES string of the molecule is CCCCCCc1cccc(C2(c3cccc(C)c3)c3ccc(C)cc3-c3cc(C)ccc32)c1. The minimum Gasteiger partial charge on any atom is -0.0654 e. The summed E-state index contributed by atoms with van der Waals surface area (Å²) in [6.07, 6.45) is 6.34. The maximum absolute atomic E-state index is 2.49. The molecule has 0 unspecified atom stereocenters. The zero-order chi connectivity index (χ0) is 23.7. The highest BCUT2D eigenvalue weighted by Crippen LogP contribution is 2.56. The third-order valence-electron chi connectivity index (χ3n) is 7.58. The molecule has 5 rings (SSSR count). The standard InChI is InChI=1S/C34H36/c1-5-6-7-8-12-27-13-10-15-29(23-27)34(28-14-9-11-24(2)20-28)32-18-16-25(3)21-30(32)31-22-26(4)17-19-33(31)34/h9-11,13-23H,5-8,12H2,1-4H3. The Hall–Kier alpha value is -3.12. The van der Waals surface area contributed by atoms with Gasteiger partial charge >= 0.3 is 0 Å². The number of unbranched alkanes of at least 4 members (excludes halogenated alkanes) is 3. The van der Waals surface area contributed by atoms with Gasteiger partial charge in [0.2, 0.25) is 0 Å². The van der Waals surface area contributed by atoms with E-state index >= 15 is 0 Å². The monoisotopic (exact) mass is 444 g/mol. The average Bonchev–Trinajstić information content (AvgIpc) is 3.12. The van der Waals surface area contributed by atoms with Crippen LogP contribution < -0.4 is 0 Å². The van der Waals surface area contributed by atoms with Crippen molar-refractivity contribution in [1.29, 1.82) is 0 Å². The van der Waals surface area contributed by atoms with Crippen molar-refractivity contribution in [1.82, 2.24) is 0 Å². The summed E-state index contributed by atoms with van der Waals surface area (Å²) >= 11 is 0. The van der Waals surface area contributed by atoms with E-state index in [-0.39, 0.29) is 5.41 Å². The fourth-order valence-electron chi connectivity index (χ4n) is 5.94. The Balaban J connectivity index is 1.78. The van der Waals surface area contributed by atoms with E-state index in [9.17, 15) is 0 Å². The number of aryl methyl sites for hydroxylation is 4. The van der Waals surface area contributed by atoms with Crippen molar-refractivity contribution in [3.63, 3.8) is 0 Å². The zero-order valence-corrected chi connectivity index (χ0v) is 21.1. The zero-order valence-electron chi connectivity index (χ0n) is 21.1. The fraction of sp³-hybridized carbons (Fsp3) is 0.294. The minimum atomic E-state index is -0.294. The molecule has 0 bridgehead atoms. The van der Waals surface area contributed by atoms with E-state index in [0.29, 0.717) is 0 Å². The van der Waals surface area contributed by atoms with Gasteiger partial charge in [-0.05, 0) is 72.6 Å². The van der Waals surface area contributed by atoms with Crippen molar-refractivity contribution < 1.29 is 0 Å². The van der Waals surface area contributed by atoms with Gasteiger partial charge in [-0.15, -0.1) is 0 Å². The van der Waals surface area contributed by atoms with Gasteiger partial charge in [-0.25, -0.2) is 0 Å². The summed E-state index contributed by atoms with van der Waals surface area (Å²) in [6.45, 7) is 8.91. The van der Waals surface area contributed by atoms with Crippen LogP contribution in [0.5, 0.6) is 0 Å². The first-order valence-corrected chi connectivity index (χ1v) is 12.9. The smallest absolute Gasteiger partial charge is 0.0654 e. The fourth-order valence-corrected chi connectivity index (χ4v) is 5.94. The Morgan fingerprint density at radius 1 is 0.559 bits per heavy atom. The van der Waals surface area contributed by atoms with Gasteiger partial charge < -0.3 is 0 Å². The number of rotatable bonds is 7. The van der Waals surface area contributed by atoms with Crippen molar-refractivity contribution in [3.8, 4) is 11.1 Å². The number of fused-ring (bicyclic) bond motifs is 3. The Labute approximate surface area is 205 Å². The lowest BCUT2D eigenvalue weighted by Crippen LogP contribution is -2.29. The van der Waals surface area contributed by atoms with Crippen LogP contribution in [0.2, 0.25) is 0 Å². The van der Waals surface area contributed by atoms with Crippen LogP contribution in [0.4, 0.5) is 0 Å². The molecule has 172 valence electrons. The van der Waals surface area contributed by atoms with Crippen molar-refractivity contribution in [2.45, 2.75) is 65.2 Å². The van der Waals surface area contributed by atoms with E-state index < -0.39 is 0 Å². The van der Waals surface area contributed by atoms with Gasteiger partial charge in [0.25, 0.3) is 0 Å². The first-order valence-electron chi connectivity index (χ1n) is 12.9. The molecule has 1 aliphatic rings. The third kappa shape index (κ3) is 3.80. The lowest BCUT2D eigenvalue weighted by Gasteiger charge is -2.34. The van der Waals surface area contributed by atoms with E-state index in [2.05, 4.69) is 113 Å². The predicted molar refractivity (Wildman–Crippen MR) is 146 cm³/mol. The first-order chi connectivity index (χ1) is 16.5. The molecule has 0 spiro atoms. The van der Waals surface area contributed by atoms with Crippen LogP contribution in [0, 0.1) is 20.8 Å². The lowest BCUT2D eigenvalue weighted by molar-refractivity contribution is 0.665. The molecule has 0 fully saturated rings. The van der Waals surface area contributed by atoms with Crippen molar-refractivity contribution in [3.05, 3.63) is 129 Å². The Kier molecular flexibility index (Phi) is 6.17. The maximum atomic E-state index is 2.49. The number of hydrogen-bond acceptors (Lipinski definition) is 0. The van der Waals surface area contributed by atoms with Crippen LogP contribution >= 0.6 is 0 Å². The van der Waals surface area contributed by atoms with E-state index in [4.69, 9.17) is 0 Å². The van der Waals surface area contributed by atoms with Crippen molar-refractivity contribution in [2.24, 2.45) is 0 Å². The summed E-state index contributed by atoms with van der Waals surface area (Å²) in [5, 5.41) is 0. The summed E-state index contributed by atoms with van der Waals surface area (Å²) in [6, 6.07) is 32.7. The third-order valence-corrected chi connectivity index (χ3v) is 7.58. The second-order valence-corrected chi connectivity index (χ2v) is 10.2. The Morgan fingerprint density at radius 3 is 1.76 bits per heavy atom. The molecule has 0 saturated carbocycles. The molecule has 0 amide bonds. The molecule has 0 N–H and O–H groups in total. The van der Waals surface area contributed by atoms with Crippen LogP contribution in [0.3, 0.4) is 0 Å². The largest absolute Gasteiger partial charge is 0.0713 e. The first kappa shape index (κ1) is 22.7. The highest BCUT2D eigenvalue weighted by Gasteiger charge is 2.46. The van der Waals surface area contributed by atoms with E-state index in [1.165, 1.54) is 81.3 Å². The van der Waals surface area contributed by atoms with Gasteiger partial charge in [0.05, 0.1) is 5.41 Å². The van der Waals surface area contributed by atoms with Gasteiger partial charge in [0.1, 0.15) is 0 Å². The molecular weight excluding hydrogens is 408 g/mol. The quantitative estimate of drug-likeness (QED) is 0.220. The van der Waals surface area contributed by atoms with E-state index in [1.807, 2.05) is 0 Å². The van der Waals surface area contributed by atoms with E-state index in [1.54, 1.807) is 0 Å². The number of benzene rings is 4. The lowest BCUT2D eigenvalue weighted by atomic mass is 9.67. The van der Waals surface area contributed by atoms with Crippen LogP contribution in [0.1, 0.15) is 77.1 Å². The van der Waals surface area contributed by atoms with Gasteiger partial charge in [0, 0.05) is 0 Å². The molecule has 1 aliphatic carbocycles. The highest BCUT2D eigenvalue weighted by atomic mass is 14.5. The Morgan fingerprint density at radius 2 is 1.15 bits per heavy atom. The van der Waals surface area contributed by atoms with Crippen LogP contribution in [0.15, 0.2) is 84.9 Å². The molecular formula is C34H36. The summed E-state index contributed by atoms with van der Waals surface area (Å²) in [5.41, 5.74) is 13.4. The van der Waals surface area contributed by atoms with Gasteiger partial charge in [-0.2, -0.15) is 0 Å². The molecule has 0 aromatic heterocycles. The molecule has 0 saturated heterocycles. The second kappa shape index (κ2) is 9.26. The maximum Gasteiger partial charge on any atom is 0.0713 e. The average molecular weight is 445 g/mol. The molecule has 34 heavy (non-hydrogen) atoms. The van der Waals surface area contributed by atoms with Crippen LogP contribution in [-0.2, 0) is 11.8 Å². The Bertz CT molecular complexity index is 1270. The number of hydrogen-bond donors (Lipinski definition) is 0. The summed E-state index contributed by atoms with van der Waals surface area (Å²) < 4.78 is 0. The normalized spacial score (nSPS) is 13.5. The molecule has 0 heteroatoms. The topological polar surface area (TPSA) is 0 Å². The summed E-state index contributed by atoms with van der Waals surface area (Å²) in [5.74, 6) is 0. The van der Waals surface area contributed by atoms with Crippen LogP contribution in [-0.4, -0.2) is 0 Å². The highest BCUT2D eigenvalue weighted by molar-refractivity contribution is 5.87. The van der Waals surface area contributed by atoms with Gasteiger partial charge in [-0.3, -0.25) is 0 Å². The summed E-state index contributed by atoms with van der Waals surface area (Å²) in [4.78, 5) is 0. The van der Waals surface area contributed by atoms with E-state index in [0.717, 1.165) is 6.42 Å². The summed E-state index contributed by atoms with van der Waals surface area (Å²) in [7, 11) is 0. The van der Waals surface area contributed by atoms with Crippen molar-refractivity contribution >= 4 is 0 Å². The van der Waals surface area contributed by atoms with Crippen LogP contribution in [0.25, 0.3) is 11.1 Å². The molecule has 4 aromatic carbocycles. The second-order valence-electron chi connectivity index (χ2n) is 10.2. The molecule has 0 radical (unpaired) electrons. The molecule has 0 nitrogen and oxygen atoms in total.